The van der Waals surface area contributed by atoms with Crippen molar-refractivity contribution in [3.63, 3.8) is 0 Å². The number of aromatic nitrogens is 3. The van der Waals surface area contributed by atoms with Gasteiger partial charge in [0, 0.05) is 18.0 Å². The third-order valence-electron chi connectivity index (χ3n) is 5.58. The van der Waals surface area contributed by atoms with Crippen molar-refractivity contribution in [1.82, 2.24) is 19.2 Å². The van der Waals surface area contributed by atoms with Crippen molar-refractivity contribution < 1.29 is 14.1 Å². The van der Waals surface area contributed by atoms with Crippen molar-refractivity contribution in [2.45, 2.75) is 26.9 Å². The summed E-state index contributed by atoms with van der Waals surface area (Å²) in [5, 5.41) is 15.7. The molecule has 1 aliphatic heterocycles. The third-order valence-corrected chi connectivity index (χ3v) is 5.58. The number of nitro groups is 1. The number of hydrogen-bond acceptors (Lipinski definition) is 5. The van der Waals surface area contributed by atoms with Crippen LogP contribution in [0.25, 0.3) is 11.5 Å². The molecular formula is C22H19N5O4. The molecule has 4 heterocycles. The maximum atomic E-state index is 12.9. The zero-order chi connectivity index (χ0) is 21.7. The summed E-state index contributed by atoms with van der Waals surface area (Å²) in [6.07, 6.45) is 3.88. The van der Waals surface area contributed by atoms with Crippen LogP contribution in [0.2, 0.25) is 0 Å². The van der Waals surface area contributed by atoms with Gasteiger partial charge in [-0.1, -0.05) is 6.07 Å². The highest BCUT2D eigenvalue weighted by atomic mass is 16.6. The molecule has 156 valence electrons. The lowest BCUT2D eigenvalue weighted by molar-refractivity contribution is -0.402. The summed E-state index contributed by atoms with van der Waals surface area (Å²) in [4.78, 5) is 24.6. The minimum Gasteiger partial charge on any atom is -0.395 e. The van der Waals surface area contributed by atoms with Gasteiger partial charge in [-0.15, -0.1) is 0 Å². The van der Waals surface area contributed by atoms with Gasteiger partial charge in [-0.05, 0) is 55.3 Å². The lowest BCUT2D eigenvalue weighted by atomic mass is 10.1. The normalized spacial score (nSPS) is 12.9. The number of furan rings is 1. The van der Waals surface area contributed by atoms with Crippen LogP contribution in [0.4, 0.5) is 5.88 Å². The number of carbonyl (C=O) groups excluding carboxylic acids is 1. The fraction of sp³-hybridized carbons (Fsp3) is 0.182. The number of rotatable bonds is 4. The average molecular weight is 417 g/mol. The average Bonchev–Trinajstić information content (AvgIpc) is 3.52. The Labute approximate surface area is 177 Å². The summed E-state index contributed by atoms with van der Waals surface area (Å²) in [7, 11) is 0. The monoisotopic (exact) mass is 417 g/mol. The molecule has 3 aromatic heterocycles. The summed E-state index contributed by atoms with van der Waals surface area (Å²) in [5.41, 5.74) is 5.04. The minimum absolute atomic E-state index is 0.0543. The zero-order valence-corrected chi connectivity index (χ0v) is 17.0. The Hall–Kier alpha value is -4.14. The molecule has 0 fully saturated rings. The van der Waals surface area contributed by atoms with Crippen LogP contribution in [0.15, 0.2) is 59.3 Å². The standard InChI is InChI=1S/C22H19N5O4/c1-14-5-6-16(11-15(14)2)26-21(24-9-3-4-10-24)17-12-25(13-18(17)23-26)22(28)19-7-8-20(31-19)27(29)30/h3-11H,12-13H2,1-2H3. The molecular weight excluding hydrogens is 398 g/mol. The largest absolute Gasteiger partial charge is 0.433 e. The number of amides is 1. The molecule has 0 radical (unpaired) electrons. The van der Waals surface area contributed by atoms with Gasteiger partial charge in [-0.3, -0.25) is 14.9 Å². The molecule has 0 saturated carbocycles. The van der Waals surface area contributed by atoms with Gasteiger partial charge in [0.1, 0.15) is 10.7 Å². The molecule has 1 amide bonds. The Bertz CT molecular complexity index is 1320. The van der Waals surface area contributed by atoms with Crippen LogP contribution in [0, 0.1) is 24.0 Å². The van der Waals surface area contributed by atoms with Crippen LogP contribution < -0.4 is 0 Å². The van der Waals surface area contributed by atoms with Crippen LogP contribution >= 0.6 is 0 Å². The molecule has 0 N–H and O–H groups in total. The Morgan fingerprint density at radius 3 is 2.55 bits per heavy atom. The van der Waals surface area contributed by atoms with E-state index in [1.165, 1.54) is 23.3 Å². The first-order valence-electron chi connectivity index (χ1n) is 9.77. The highest BCUT2D eigenvalue weighted by Gasteiger charge is 2.33. The fourth-order valence-corrected chi connectivity index (χ4v) is 3.82. The molecule has 0 unspecified atom stereocenters. The fourth-order valence-electron chi connectivity index (χ4n) is 3.82. The first-order valence-corrected chi connectivity index (χ1v) is 9.77. The maximum Gasteiger partial charge on any atom is 0.433 e. The van der Waals surface area contributed by atoms with E-state index in [-0.39, 0.29) is 5.76 Å². The smallest absolute Gasteiger partial charge is 0.395 e. The third kappa shape index (κ3) is 3.10. The van der Waals surface area contributed by atoms with E-state index < -0.39 is 16.7 Å². The van der Waals surface area contributed by atoms with Crippen molar-refractivity contribution in [2.24, 2.45) is 0 Å². The van der Waals surface area contributed by atoms with Crippen LogP contribution in [-0.2, 0) is 13.1 Å². The van der Waals surface area contributed by atoms with E-state index in [2.05, 4.69) is 26.0 Å². The molecule has 9 heteroatoms. The zero-order valence-electron chi connectivity index (χ0n) is 17.0. The summed E-state index contributed by atoms with van der Waals surface area (Å²) in [6.45, 7) is 4.77. The van der Waals surface area contributed by atoms with E-state index in [0.29, 0.717) is 13.1 Å². The molecule has 4 aromatic rings. The highest BCUT2D eigenvalue weighted by molar-refractivity contribution is 5.92. The number of carbonyl (C=O) groups is 1. The first kappa shape index (κ1) is 18.9. The molecule has 0 atom stereocenters. The predicted octanol–water partition coefficient (Wildman–Crippen LogP) is 3.94. The van der Waals surface area contributed by atoms with Crippen molar-refractivity contribution in [3.8, 4) is 11.5 Å². The number of nitrogens with zero attached hydrogens (tertiary/aromatic N) is 5. The molecule has 0 aliphatic carbocycles. The van der Waals surface area contributed by atoms with Gasteiger partial charge < -0.3 is 13.9 Å². The highest BCUT2D eigenvalue weighted by Crippen LogP contribution is 2.32. The lowest BCUT2D eigenvalue weighted by Crippen LogP contribution is -2.26. The molecule has 0 bridgehead atoms. The summed E-state index contributed by atoms with van der Waals surface area (Å²) >= 11 is 0. The maximum absolute atomic E-state index is 12.9. The second-order valence-corrected chi connectivity index (χ2v) is 7.58. The molecule has 9 nitrogen and oxygen atoms in total. The van der Waals surface area contributed by atoms with E-state index in [1.807, 2.05) is 39.8 Å². The van der Waals surface area contributed by atoms with Crippen LogP contribution in [-0.4, -0.2) is 30.1 Å². The number of hydrogen-bond donors (Lipinski definition) is 0. The topological polar surface area (TPSA) is 99.3 Å². The molecule has 31 heavy (non-hydrogen) atoms. The van der Waals surface area contributed by atoms with Crippen molar-refractivity contribution in [1.29, 1.82) is 0 Å². The van der Waals surface area contributed by atoms with Gasteiger partial charge in [0.05, 0.1) is 30.5 Å². The van der Waals surface area contributed by atoms with Crippen LogP contribution in [0.5, 0.6) is 0 Å². The van der Waals surface area contributed by atoms with Gasteiger partial charge in [0.15, 0.2) is 5.76 Å². The van der Waals surface area contributed by atoms with E-state index in [4.69, 9.17) is 9.52 Å². The Morgan fingerprint density at radius 2 is 1.87 bits per heavy atom. The van der Waals surface area contributed by atoms with E-state index in [0.717, 1.165) is 22.8 Å². The SMILES string of the molecule is Cc1ccc(-n2nc3c(c2-n2cccc2)CN(C(=O)c2ccc([N+](=O)[O-])o2)C3)cc1C. The van der Waals surface area contributed by atoms with Crippen molar-refractivity contribution >= 4 is 11.8 Å². The molecule has 5 rings (SSSR count). The first-order chi connectivity index (χ1) is 14.9. The minimum atomic E-state index is -0.659. The molecule has 0 spiro atoms. The second kappa shape index (κ2) is 6.98. The van der Waals surface area contributed by atoms with Gasteiger partial charge in [0.2, 0.25) is 0 Å². The van der Waals surface area contributed by atoms with Gasteiger partial charge in [-0.25, -0.2) is 4.68 Å². The Kier molecular flexibility index (Phi) is 4.25. The van der Waals surface area contributed by atoms with E-state index in [9.17, 15) is 14.9 Å². The van der Waals surface area contributed by atoms with Gasteiger partial charge >= 0.3 is 5.88 Å². The van der Waals surface area contributed by atoms with Crippen molar-refractivity contribution in [2.75, 3.05) is 0 Å². The lowest BCUT2D eigenvalue weighted by Gasteiger charge is -2.16. The Balaban J connectivity index is 1.52. The van der Waals surface area contributed by atoms with Crippen molar-refractivity contribution in [3.05, 3.63) is 93.1 Å². The summed E-state index contributed by atoms with van der Waals surface area (Å²) < 4.78 is 8.97. The Morgan fingerprint density at radius 1 is 1.10 bits per heavy atom. The summed E-state index contributed by atoms with van der Waals surface area (Å²) in [6, 6.07) is 12.6. The van der Waals surface area contributed by atoms with E-state index >= 15 is 0 Å². The number of fused-ring (bicyclic) bond motifs is 1. The number of benzene rings is 1. The van der Waals surface area contributed by atoms with E-state index in [1.54, 1.807) is 4.90 Å². The predicted molar refractivity (Wildman–Crippen MR) is 111 cm³/mol. The number of aryl methyl sites for hydroxylation is 2. The quantitative estimate of drug-likeness (QED) is 0.370. The molecule has 0 saturated heterocycles. The molecule has 1 aromatic carbocycles. The van der Waals surface area contributed by atoms with Gasteiger partial charge in [0.25, 0.3) is 5.91 Å². The van der Waals surface area contributed by atoms with Crippen LogP contribution in [0.1, 0.15) is 32.9 Å². The molecule has 1 aliphatic rings. The van der Waals surface area contributed by atoms with Gasteiger partial charge in [-0.2, -0.15) is 5.10 Å². The second-order valence-electron chi connectivity index (χ2n) is 7.58. The van der Waals surface area contributed by atoms with Crippen LogP contribution in [0.3, 0.4) is 0 Å². The summed E-state index contributed by atoms with van der Waals surface area (Å²) in [5.74, 6) is -0.0408.